The number of piperidine rings is 1. The molecule has 0 spiro atoms. The van der Waals surface area contributed by atoms with Crippen LogP contribution in [0.5, 0.6) is 5.75 Å². The SMILES string of the molecule is CC1CCN(Cc2cc(O)ccc2Br)C(C)C1. The summed E-state index contributed by atoms with van der Waals surface area (Å²) in [6.45, 7) is 6.71. The Labute approximate surface area is 112 Å². The van der Waals surface area contributed by atoms with Gasteiger partial charge in [-0.05, 0) is 56.0 Å². The Morgan fingerprint density at radius 2 is 2.18 bits per heavy atom. The fourth-order valence-electron chi connectivity index (χ4n) is 2.59. The van der Waals surface area contributed by atoms with E-state index in [0.29, 0.717) is 11.8 Å². The van der Waals surface area contributed by atoms with Crippen LogP contribution in [0.3, 0.4) is 0 Å². The zero-order valence-corrected chi connectivity index (χ0v) is 12.1. The van der Waals surface area contributed by atoms with E-state index < -0.39 is 0 Å². The molecule has 0 saturated carbocycles. The summed E-state index contributed by atoms with van der Waals surface area (Å²) in [7, 11) is 0. The normalized spacial score (nSPS) is 26.1. The minimum absolute atomic E-state index is 0.348. The molecule has 1 heterocycles. The molecule has 0 bridgehead atoms. The quantitative estimate of drug-likeness (QED) is 0.898. The van der Waals surface area contributed by atoms with E-state index in [1.165, 1.54) is 18.4 Å². The molecule has 1 saturated heterocycles. The van der Waals surface area contributed by atoms with Crippen LogP contribution in [0, 0.1) is 5.92 Å². The number of likely N-dealkylation sites (tertiary alicyclic amines) is 1. The van der Waals surface area contributed by atoms with E-state index in [-0.39, 0.29) is 0 Å². The number of halogens is 1. The van der Waals surface area contributed by atoms with Crippen LogP contribution in [0.25, 0.3) is 0 Å². The summed E-state index contributed by atoms with van der Waals surface area (Å²) in [6.07, 6.45) is 2.55. The van der Waals surface area contributed by atoms with Crippen molar-refractivity contribution in [1.82, 2.24) is 4.90 Å². The molecule has 0 aliphatic carbocycles. The lowest BCUT2D eigenvalue weighted by Crippen LogP contribution is -2.39. The van der Waals surface area contributed by atoms with Crippen LogP contribution < -0.4 is 0 Å². The standard InChI is InChI=1S/C14H20BrNO/c1-10-5-6-16(11(2)7-10)9-12-8-13(17)3-4-14(12)15/h3-4,8,10-11,17H,5-7,9H2,1-2H3. The first-order valence-electron chi connectivity index (χ1n) is 6.27. The molecule has 0 amide bonds. The van der Waals surface area contributed by atoms with Crippen molar-refractivity contribution in [2.45, 2.75) is 39.3 Å². The zero-order chi connectivity index (χ0) is 12.4. The molecule has 2 nitrogen and oxygen atoms in total. The van der Waals surface area contributed by atoms with Gasteiger partial charge in [-0.2, -0.15) is 0 Å². The summed E-state index contributed by atoms with van der Waals surface area (Å²) >= 11 is 3.55. The van der Waals surface area contributed by atoms with Crippen molar-refractivity contribution in [3.05, 3.63) is 28.2 Å². The van der Waals surface area contributed by atoms with E-state index in [4.69, 9.17) is 0 Å². The lowest BCUT2D eigenvalue weighted by molar-refractivity contribution is 0.122. The lowest BCUT2D eigenvalue weighted by Gasteiger charge is -2.36. The summed E-state index contributed by atoms with van der Waals surface area (Å²) in [5.41, 5.74) is 1.17. The third kappa shape index (κ3) is 3.23. The van der Waals surface area contributed by atoms with E-state index in [1.807, 2.05) is 12.1 Å². The Kier molecular flexibility index (Phi) is 4.10. The maximum Gasteiger partial charge on any atom is 0.115 e. The van der Waals surface area contributed by atoms with Gasteiger partial charge in [0, 0.05) is 17.1 Å². The van der Waals surface area contributed by atoms with E-state index in [0.717, 1.165) is 23.5 Å². The van der Waals surface area contributed by atoms with E-state index in [1.54, 1.807) is 6.07 Å². The molecule has 17 heavy (non-hydrogen) atoms. The largest absolute Gasteiger partial charge is 0.508 e. The third-order valence-corrected chi connectivity index (χ3v) is 4.45. The number of benzene rings is 1. The minimum Gasteiger partial charge on any atom is -0.508 e. The van der Waals surface area contributed by atoms with Crippen LogP contribution in [0.2, 0.25) is 0 Å². The van der Waals surface area contributed by atoms with Gasteiger partial charge in [0.1, 0.15) is 5.75 Å². The molecule has 94 valence electrons. The first kappa shape index (κ1) is 12.9. The van der Waals surface area contributed by atoms with Gasteiger partial charge in [-0.25, -0.2) is 0 Å². The van der Waals surface area contributed by atoms with Crippen molar-refractivity contribution in [2.24, 2.45) is 5.92 Å². The highest BCUT2D eigenvalue weighted by Crippen LogP contribution is 2.27. The topological polar surface area (TPSA) is 23.5 Å². The van der Waals surface area contributed by atoms with Gasteiger partial charge in [-0.3, -0.25) is 4.90 Å². The van der Waals surface area contributed by atoms with Gasteiger partial charge in [-0.1, -0.05) is 22.9 Å². The Morgan fingerprint density at radius 3 is 2.88 bits per heavy atom. The molecule has 1 fully saturated rings. The number of nitrogens with zero attached hydrogens (tertiary/aromatic N) is 1. The summed E-state index contributed by atoms with van der Waals surface area (Å²) in [5, 5.41) is 9.54. The zero-order valence-electron chi connectivity index (χ0n) is 10.5. The van der Waals surface area contributed by atoms with Gasteiger partial charge in [0.15, 0.2) is 0 Å². The second kappa shape index (κ2) is 5.40. The number of phenols is 1. The van der Waals surface area contributed by atoms with Crippen LogP contribution in [0.4, 0.5) is 0 Å². The van der Waals surface area contributed by atoms with Crippen molar-refractivity contribution in [3.8, 4) is 5.75 Å². The number of hydrogen-bond donors (Lipinski definition) is 1. The fourth-order valence-corrected chi connectivity index (χ4v) is 2.96. The van der Waals surface area contributed by atoms with E-state index in [2.05, 4.69) is 34.7 Å². The number of hydrogen-bond acceptors (Lipinski definition) is 2. The van der Waals surface area contributed by atoms with Crippen LogP contribution in [-0.4, -0.2) is 22.6 Å². The predicted molar refractivity (Wildman–Crippen MR) is 74.1 cm³/mol. The molecular weight excluding hydrogens is 278 g/mol. The lowest BCUT2D eigenvalue weighted by atomic mass is 9.93. The first-order chi connectivity index (χ1) is 8.06. The van der Waals surface area contributed by atoms with Crippen LogP contribution in [-0.2, 0) is 6.54 Å². The minimum atomic E-state index is 0.348. The van der Waals surface area contributed by atoms with Gasteiger partial charge in [-0.15, -0.1) is 0 Å². The third-order valence-electron chi connectivity index (χ3n) is 3.68. The van der Waals surface area contributed by atoms with Gasteiger partial charge in [0.25, 0.3) is 0 Å². The highest BCUT2D eigenvalue weighted by atomic mass is 79.9. The number of phenolic OH excluding ortho intramolecular Hbond substituents is 1. The van der Waals surface area contributed by atoms with Gasteiger partial charge in [0.05, 0.1) is 0 Å². The number of aromatic hydroxyl groups is 1. The average molecular weight is 298 g/mol. The molecule has 2 atom stereocenters. The highest BCUT2D eigenvalue weighted by molar-refractivity contribution is 9.10. The first-order valence-corrected chi connectivity index (χ1v) is 7.07. The Morgan fingerprint density at radius 1 is 1.41 bits per heavy atom. The second-order valence-electron chi connectivity index (χ2n) is 5.22. The highest BCUT2D eigenvalue weighted by Gasteiger charge is 2.23. The molecule has 1 aliphatic rings. The number of rotatable bonds is 2. The van der Waals surface area contributed by atoms with Crippen molar-refractivity contribution in [3.63, 3.8) is 0 Å². The van der Waals surface area contributed by atoms with Crippen LogP contribution in [0.1, 0.15) is 32.3 Å². The molecule has 1 aromatic carbocycles. The molecule has 0 radical (unpaired) electrons. The van der Waals surface area contributed by atoms with E-state index in [9.17, 15) is 5.11 Å². The predicted octanol–water partition coefficient (Wildman–Crippen LogP) is 3.78. The molecule has 1 N–H and O–H groups in total. The molecule has 2 unspecified atom stereocenters. The van der Waals surface area contributed by atoms with E-state index >= 15 is 0 Å². The smallest absolute Gasteiger partial charge is 0.115 e. The monoisotopic (exact) mass is 297 g/mol. The van der Waals surface area contributed by atoms with Crippen LogP contribution >= 0.6 is 15.9 Å². The molecule has 1 aromatic rings. The Balaban J connectivity index is 2.07. The van der Waals surface area contributed by atoms with Gasteiger partial charge < -0.3 is 5.11 Å². The summed E-state index contributed by atoms with van der Waals surface area (Å²) < 4.78 is 1.08. The summed E-state index contributed by atoms with van der Waals surface area (Å²) in [4.78, 5) is 2.50. The summed E-state index contributed by atoms with van der Waals surface area (Å²) in [6, 6.07) is 6.12. The molecule has 2 rings (SSSR count). The van der Waals surface area contributed by atoms with Crippen molar-refractivity contribution < 1.29 is 5.11 Å². The molecule has 0 aromatic heterocycles. The van der Waals surface area contributed by atoms with Crippen molar-refractivity contribution in [2.75, 3.05) is 6.54 Å². The van der Waals surface area contributed by atoms with Gasteiger partial charge in [0.2, 0.25) is 0 Å². The summed E-state index contributed by atoms with van der Waals surface area (Å²) in [5.74, 6) is 1.19. The maximum atomic E-state index is 9.54. The molecule has 1 aliphatic heterocycles. The maximum absolute atomic E-state index is 9.54. The Hall–Kier alpha value is -0.540. The van der Waals surface area contributed by atoms with Crippen molar-refractivity contribution >= 4 is 15.9 Å². The second-order valence-corrected chi connectivity index (χ2v) is 6.08. The van der Waals surface area contributed by atoms with Crippen LogP contribution in [0.15, 0.2) is 22.7 Å². The average Bonchev–Trinajstić information content (AvgIpc) is 2.27. The Bertz CT molecular complexity index is 394. The molecular formula is C14H20BrNO. The molecule has 3 heteroatoms. The van der Waals surface area contributed by atoms with Gasteiger partial charge >= 0.3 is 0 Å². The van der Waals surface area contributed by atoms with Crippen molar-refractivity contribution in [1.29, 1.82) is 0 Å². The fraction of sp³-hybridized carbons (Fsp3) is 0.571.